The highest BCUT2D eigenvalue weighted by Gasteiger charge is 2.24. The number of methoxy groups -OCH3 is 1. The molecule has 5 nitrogen and oxygen atoms in total. The first kappa shape index (κ1) is 15.1. The van der Waals surface area contributed by atoms with E-state index in [-0.39, 0.29) is 5.97 Å². The van der Waals surface area contributed by atoms with Gasteiger partial charge in [-0.25, -0.2) is 9.78 Å². The van der Waals surface area contributed by atoms with Crippen LogP contribution in [0.2, 0.25) is 0 Å². The Hall–Kier alpha value is -2.30. The van der Waals surface area contributed by atoms with E-state index < -0.39 is 6.04 Å². The second kappa shape index (κ2) is 6.92. The van der Waals surface area contributed by atoms with Gasteiger partial charge in [0.1, 0.15) is 0 Å². The number of esters is 1. The summed E-state index contributed by atoms with van der Waals surface area (Å²) in [7, 11) is 1.40. The second-order valence-electron chi connectivity index (χ2n) is 4.98. The lowest BCUT2D eigenvalue weighted by Crippen LogP contribution is -2.25. The normalized spacial score (nSPS) is 12.0. The lowest BCUT2D eigenvalue weighted by atomic mass is 10.1. The number of nitrogens with zero attached hydrogens (tertiary/aromatic N) is 2. The Kier molecular flexibility index (Phi) is 4.98. The molecule has 0 bridgehead atoms. The minimum atomic E-state index is -0.564. The van der Waals surface area contributed by atoms with Crippen LogP contribution >= 0.6 is 0 Å². The van der Waals surface area contributed by atoms with Crippen LogP contribution in [0, 0.1) is 6.92 Å². The third-order valence-electron chi connectivity index (χ3n) is 3.27. The number of anilines is 1. The minimum absolute atomic E-state index is 0.325. The van der Waals surface area contributed by atoms with Crippen molar-refractivity contribution in [2.45, 2.75) is 32.9 Å². The van der Waals surface area contributed by atoms with Crippen LogP contribution in [0.15, 0.2) is 36.8 Å². The molecule has 1 N–H and O–H groups in total. The molecule has 2 aromatic rings. The second-order valence-corrected chi connectivity index (χ2v) is 4.98. The van der Waals surface area contributed by atoms with Crippen LogP contribution < -0.4 is 5.32 Å². The fraction of sp³-hybridized carbons (Fsp3) is 0.375. The van der Waals surface area contributed by atoms with Gasteiger partial charge in [-0.05, 0) is 31.0 Å². The van der Waals surface area contributed by atoms with Gasteiger partial charge >= 0.3 is 5.97 Å². The highest BCUT2D eigenvalue weighted by Crippen LogP contribution is 2.22. The third-order valence-corrected chi connectivity index (χ3v) is 3.27. The van der Waals surface area contributed by atoms with Crippen molar-refractivity contribution in [2.75, 3.05) is 12.4 Å². The van der Waals surface area contributed by atoms with Crippen molar-refractivity contribution in [2.24, 2.45) is 0 Å². The molecule has 112 valence electrons. The van der Waals surface area contributed by atoms with E-state index in [1.165, 1.54) is 7.11 Å². The van der Waals surface area contributed by atoms with E-state index >= 15 is 0 Å². The zero-order chi connectivity index (χ0) is 15.2. The van der Waals surface area contributed by atoms with E-state index in [2.05, 4.69) is 17.2 Å². The number of carbonyl (C=O) groups excluding carboxylic acids is 1. The van der Waals surface area contributed by atoms with Gasteiger partial charge in [0.25, 0.3) is 0 Å². The van der Waals surface area contributed by atoms with Crippen molar-refractivity contribution in [3.8, 4) is 0 Å². The van der Waals surface area contributed by atoms with Crippen molar-refractivity contribution in [1.82, 2.24) is 9.55 Å². The maximum Gasteiger partial charge on any atom is 0.334 e. The summed E-state index contributed by atoms with van der Waals surface area (Å²) in [6.45, 7) is 4.92. The Morgan fingerprint density at radius 3 is 2.95 bits per heavy atom. The first-order chi connectivity index (χ1) is 10.2. The summed E-state index contributed by atoms with van der Waals surface area (Å²) in [6.07, 6.45) is 4.43. The SMILES string of the molecule is CCCn1cncc1C(Nc1cccc(C)c1)C(=O)OC. The zero-order valence-electron chi connectivity index (χ0n) is 12.7. The van der Waals surface area contributed by atoms with Crippen molar-refractivity contribution in [3.63, 3.8) is 0 Å². The van der Waals surface area contributed by atoms with Crippen LogP contribution in [-0.4, -0.2) is 22.6 Å². The van der Waals surface area contributed by atoms with E-state index in [0.29, 0.717) is 0 Å². The van der Waals surface area contributed by atoms with E-state index in [9.17, 15) is 4.79 Å². The highest BCUT2D eigenvalue weighted by atomic mass is 16.5. The Bertz CT molecular complexity index is 607. The molecule has 1 atom stereocenters. The molecule has 0 aliphatic heterocycles. The van der Waals surface area contributed by atoms with Crippen molar-refractivity contribution < 1.29 is 9.53 Å². The lowest BCUT2D eigenvalue weighted by Gasteiger charge is -2.19. The van der Waals surface area contributed by atoms with Crippen LogP contribution in [0.3, 0.4) is 0 Å². The molecule has 0 aliphatic carbocycles. The topological polar surface area (TPSA) is 56.2 Å². The number of carbonyl (C=O) groups is 1. The molecule has 21 heavy (non-hydrogen) atoms. The van der Waals surface area contributed by atoms with Crippen LogP contribution in [0.1, 0.15) is 30.6 Å². The molecule has 1 aromatic carbocycles. The summed E-state index contributed by atoms with van der Waals surface area (Å²) in [5.41, 5.74) is 2.82. The standard InChI is InChI=1S/C16H21N3O2/c1-4-8-19-11-17-10-14(19)15(16(20)21-3)18-13-7-5-6-12(2)9-13/h5-7,9-11,15,18H,4,8H2,1-3H3. The van der Waals surface area contributed by atoms with Crippen molar-refractivity contribution in [1.29, 1.82) is 0 Å². The number of aryl methyl sites for hydroxylation is 2. The molecule has 1 heterocycles. The number of aromatic nitrogens is 2. The quantitative estimate of drug-likeness (QED) is 0.830. The third kappa shape index (κ3) is 3.62. The smallest absolute Gasteiger partial charge is 0.334 e. The van der Waals surface area contributed by atoms with E-state index in [0.717, 1.165) is 29.9 Å². The van der Waals surface area contributed by atoms with Crippen LogP contribution in [0.4, 0.5) is 5.69 Å². The molecule has 0 amide bonds. The predicted molar refractivity (Wildman–Crippen MR) is 82.1 cm³/mol. The maximum atomic E-state index is 12.1. The van der Waals surface area contributed by atoms with E-state index in [1.54, 1.807) is 12.5 Å². The zero-order valence-corrected chi connectivity index (χ0v) is 12.7. The van der Waals surface area contributed by atoms with Gasteiger partial charge in [0.2, 0.25) is 0 Å². The van der Waals surface area contributed by atoms with Gasteiger partial charge in [-0.15, -0.1) is 0 Å². The van der Waals surface area contributed by atoms with Gasteiger partial charge in [0.15, 0.2) is 6.04 Å². The number of hydrogen-bond acceptors (Lipinski definition) is 4. The van der Waals surface area contributed by atoms with Gasteiger partial charge in [0.05, 0.1) is 25.3 Å². The molecular weight excluding hydrogens is 266 g/mol. The largest absolute Gasteiger partial charge is 0.467 e. The van der Waals surface area contributed by atoms with E-state index in [4.69, 9.17) is 4.74 Å². The molecule has 0 fully saturated rings. The Balaban J connectivity index is 2.30. The van der Waals surface area contributed by atoms with Gasteiger partial charge in [-0.1, -0.05) is 19.1 Å². The summed E-state index contributed by atoms with van der Waals surface area (Å²) >= 11 is 0. The Morgan fingerprint density at radius 1 is 1.48 bits per heavy atom. The number of nitrogens with one attached hydrogen (secondary N) is 1. The van der Waals surface area contributed by atoms with Crippen LogP contribution in [0.5, 0.6) is 0 Å². The number of rotatable bonds is 6. The Labute approximate surface area is 125 Å². The number of benzene rings is 1. The molecule has 0 radical (unpaired) electrons. The van der Waals surface area contributed by atoms with Crippen molar-refractivity contribution >= 4 is 11.7 Å². The van der Waals surface area contributed by atoms with Crippen molar-refractivity contribution in [3.05, 3.63) is 48.0 Å². The average molecular weight is 287 g/mol. The number of hydrogen-bond donors (Lipinski definition) is 1. The highest BCUT2D eigenvalue weighted by molar-refractivity contribution is 5.80. The molecule has 2 rings (SSSR count). The predicted octanol–water partition coefficient (Wildman–Crippen LogP) is 2.93. The monoisotopic (exact) mass is 287 g/mol. The number of imidazole rings is 1. The van der Waals surface area contributed by atoms with Gasteiger partial charge in [0, 0.05) is 12.2 Å². The molecule has 0 spiro atoms. The summed E-state index contributed by atoms with van der Waals surface area (Å²) in [5.74, 6) is -0.325. The lowest BCUT2D eigenvalue weighted by molar-refractivity contribution is -0.141. The average Bonchev–Trinajstić information content (AvgIpc) is 2.92. The Morgan fingerprint density at radius 2 is 2.29 bits per heavy atom. The van der Waals surface area contributed by atoms with Crippen LogP contribution in [0.25, 0.3) is 0 Å². The molecular formula is C16H21N3O2. The first-order valence-electron chi connectivity index (χ1n) is 7.06. The number of ether oxygens (including phenoxy) is 1. The fourth-order valence-corrected chi connectivity index (χ4v) is 2.27. The molecule has 0 saturated carbocycles. The van der Waals surface area contributed by atoms with Crippen LogP contribution in [-0.2, 0) is 16.1 Å². The summed E-state index contributed by atoms with van der Waals surface area (Å²) < 4.78 is 6.91. The van der Waals surface area contributed by atoms with Gasteiger partial charge in [-0.3, -0.25) is 0 Å². The maximum absolute atomic E-state index is 12.1. The molecule has 1 unspecified atom stereocenters. The van der Waals surface area contributed by atoms with Gasteiger partial charge < -0.3 is 14.6 Å². The summed E-state index contributed by atoms with van der Waals surface area (Å²) in [5, 5.41) is 3.24. The first-order valence-corrected chi connectivity index (χ1v) is 7.06. The molecule has 5 heteroatoms. The summed E-state index contributed by atoms with van der Waals surface area (Å²) in [4.78, 5) is 16.3. The van der Waals surface area contributed by atoms with E-state index in [1.807, 2.05) is 35.8 Å². The minimum Gasteiger partial charge on any atom is -0.467 e. The summed E-state index contributed by atoms with van der Waals surface area (Å²) in [6, 6.07) is 7.33. The molecule has 0 aliphatic rings. The molecule has 1 aromatic heterocycles. The van der Waals surface area contributed by atoms with Gasteiger partial charge in [-0.2, -0.15) is 0 Å². The molecule has 0 saturated heterocycles. The fourth-order valence-electron chi connectivity index (χ4n) is 2.27.